The van der Waals surface area contributed by atoms with E-state index in [2.05, 4.69) is 45.3 Å². The average Bonchev–Trinajstić information content (AvgIpc) is 2.74. The van der Waals surface area contributed by atoms with E-state index >= 15 is 0 Å². The number of hydrogen-bond acceptors (Lipinski definition) is 2. The molecule has 1 saturated heterocycles. The van der Waals surface area contributed by atoms with Crippen molar-refractivity contribution in [3.05, 3.63) is 34.3 Å². The summed E-state index contributed by atoms with van der Waals surface area (Å²) < 4.78 is 1.11. The van der Waals surface area contributed by atoms with Gasteiger partial charge in [0.15, 0.2) is 5.17 Å². The number of aliphatic imine (C=N–C) groups is 1. The lowest BCUT2D eigenvalue weighted by atomic mass is 10.2. The number of thioether (sulfide) groups is 1. The van der Waals surface area contributed by atoms with Gasteiger partial charge in [-0.2, -0.15) is 0 Å². The summed E-state index contributed by atoms with van der Waals surface area (Å²) in [5.41, 5.74) is 1.24. The summed E-state index contributed by atoms with van der Waals surface area (Å²) in [6, 6.07) is 8.90. The van der Waals surface area contributed by atoms with Crippen molar-refractivity contribution in [2.75, 3.05) is 5.75 Å². The fourth-order valence-corrected chi connectivity index (χ4v) is 3.08. The molecular formula is C12H15BrN2S. The molecule has 0 aromatic heterocycles. The van der Waals surface area contributed by atoms with E-state index in [1.165, 1.54) is 12.0 Å². The van der Waals surface area contributed by atoms with Gasteiger partial charge in [-0.3, -0.25) is 4.99 Å². The van der Waals surface area contributed by atoms with Crippen LogP contribution in [0, 0.1) is 0 Å². The van der Waals surface area contributed by atoms with Crippen molar-refractivity contribution < 1.29 is 0 Å². The molecule has 0 bridgehead atoms. The number of hydrogen-bond donors (Lipinski definition) is 1. The van der Waals surface area contributed by atoms with Gasteiger partial charge >= 0.3 is 0 Å². The lowest BCUT2D eigenvalue weighted by molar-refractivity contribution is 0.667. The Morgan fingerprint density at radius 1 is 1.56 bits per heavy atom. The number of nitrogens with one attached hydrogen (secondary N) is 1. The van der Waals surface area contributed by atoms with Crippen molar-refractivity contribution in [3.8, 4) is 0 Å². The van der Waals surface area contributed by atoms with Crippen LogP contribution in [0.25, 0.3) is 0 Å². The van der Waals surface area contributed by atoms with E-state index in [-0.39, 0.29) is 0 Å². The summed E-state index contributed by atoms with van der Waals surface area (Å²) in [4.78, 5) is 4.58. The standard InChI is InChI=1S/C12H15BrN2S/c1-2-11-8-16-12(15-11)14-7-9-4-3-5-10(13)6-9/h3-6,11H,2,7-8H2,1H3,(H,14,15). The molecule has 0 amide bonds. The van der Waals surface area contributed by atoms with E-state index in [0.717, 1.165) is 21.9 Å². The van der Waals surface area contributed by atoms with Crippen LogP contribution >= 0.6 is 27.7 Å². The third kappa shape index (κ3) is 3.25. The fraction of sp³-hybridized carbons (Fsp3) is 0.417. The Morgan fingerprint density at radius 2 is 2.44 bits per heavy atom. The Balaban J connectivity index is 1.94. The molecule has 1 atom stereocenters. The van der Waals surface area contributed by atoms with Gasteiger partial charge in [0.1, 0.15) is 0 Å². The van der Waals surface area contributed by atoms with Crippen LogP contribution < -0.4 is 5.32 Å². The molecule has 0 radical (unpaired) electrons. The van der Waals surface area contributed by atoms with Gasteiger partial charge in [-0.25, -0.2) is 0 Å². The second-order valence-corrected chi connectivity index (χ2v) is 5.74. The van der Waals surface area contributed by atoms with Crippen LogP contribution in [-0.2, 0) is 6.54 Å². The average molecular weight is 299 g/mol. The van der Waals surface area contributed by atoms with Crippen LogP contribution in [0.2, 0.25) is 0 Å². The van der Waals surface area contributed by atoms with E-state index in [0.29, 0.717) is 6.04 Å². The van der Waals surface area contributed by atoms with Crippen molar-refractivity contribution in [1.82, 2.24) is 5.32 Å². The highest BCUT2D eigenvalue weighted by molar-refractivity contribution is 9.10. The molecule has 1 aromatic rings. The minimum Gasteiger partial charge on any atom is -0.361 e. The lowest BCUT2D eigenvalue weighted by Gasteiger charge is -2.04. The van der Waals surface area contributed by atoms with Gasteiger partial charge in [0.05, 0.1) is 6.54 Å². The number of rotatable bonds is 3. The monoisotopic (exact) mass is 298 g/mol. The Morgan fingerprint density at radius 3 is 3.12 bits per heavy atom. The maximum atomic E-state index is 4.58. The zero-order valence-electron chi connectivity index (χ0n) is 9.24. The minimum absolute atomic E-state index is 0.603. The normalized spacial score (nSPS) is 22.4. The molecule has 1 fully saturated rings. The van der Waals surface area contributed by atoms with Crippen LogP contribution in [0.3, 0.4) is 0 Å². The first-order valence-electron chi connectivity index (χ1n) is 5.46. The van der Waals surface area contributed by atoms with Crippen molar-refractivity contribution in [1.29, 1.82) is 0 Å². The number of amidine groups is 1. The van der Waals surface area contributed by atoms with Crippen molar-refractivity contribution >= 4 is 32.9 Å². The van der Waals surface area contributed by atoms with E-state index < -0.39 is 0 Å². The summed E-state index contributed by atoms with van der Waals surface area (Å²) >= 11 is 5.29. The summed E-state index contributed by atoms with van der Waals surface area (Å²) in [5, 5.41) is 4.52. The highest BCUT2D eigenvalue weighted by atomic mass is 79.9. The largest absolute Gasteiger partial charge is 0.361 e. The molecular weight excluding hydrogens is 284 g/mol. The van der Waals surface area contributed by atoms with Crippen molar-refractivity contribution in [3.63, 3.8) is 0 Å². The quantitative estimate of drug-likeness (QED) is 0.925. The smallest absolute Gasteiger partial charge is 0.157 e. The molecule has 2 nitrogen and oxygen atoms in total. The first-order chi connectivity index (χ1) is 7.78. The van der Waals surface area contributed by atoms with Gasteiger partial charge in [-0.1, -0.05) is 46.7 Å². The molecule has 1 aromatic carbocycles. The number of halogens is 1. The number of nitrogens with zero attached hydrogens (tertiary/aromatic N) is 1. The maximum absolute atomic E-state index is 4.58. The molecule has 1 heterocycles. The van der Waals surface area contributed by atoms with Gasteiger partial charge in [-0.15, -0.1) is 0 Å². The molecule has 0 spiro atoms. The van der Waals surface area contributed by atoms with Crippen LogP contribution in [0.5, 0.6) is 0 Å². The third-order valence-electron chi connectivity index (χ3n) is 2.54. The molecule has 16 heavy (non-hydrogen) atoms. The summed E-state index contributed by atoms with van der Waals surface area (Å²) in [5.74, 6) is 1.15. The third-order valence-corrected chi connectivity index (χ3v) is 4.12. The van der Waals surface area contributed by atoms with Gasteiger partial charge in [0.25, 0.3) is 0 Å². The molecule has 1 unspecified atom stereocenters. The molecule has 0 aliphatic carbocycles. The Labute approximate surface area is 109 Å². The second-order valence-electron chi connectivity index (χ2n) is 3.81. The van der Waals surface area contributed by atoms with Crippen molar-refractivity contribution in [2.45, 2.75) is 25.9 Å². The Hall–Kier alpha value is -0.480. The van der Waals surface area contributed by atoms with E-state index in [9.17, 15) is 0 Å². The molecule has 1 aliphatic rings. The Bertz CT molecular complexity index is 392. The molecule has 1 aliphatic heterocycles. The summed E-state index contributed by atoms with van der Waals surface area (Å²) in [6.45, 7) is 2.96. The molecule has 0 saturated carbocycles. The van der Waals surface area contributed by atoms with Gasteiger partial charge in [-0.05, 0) is 24.1 Å². The van der Waals surface area contributed by atoms with Crippen LogP contribution in [0.1, 0.15) is 18.9 Å². The summed E-state index contributed by atoms with van der Waals surface area (Å²) in [6.07, 6.45) is 1.17. The lowest BCUT2D eigenvalue weighted by Crippen LogP contribution is -2.25. The molecule has 86 valence electrons. The van der Waals surface area contributed by atoms with Gasteiger partial charge in [0, 0.05) is 16.3 Å². The van der Waals surface area contributed by atoms with Crippen molar-refractivity contribution in [2.24, 2.45) is 4.99 Å². The molecule has 2 rings (SSSR count). The fourth-order valence-electron chi connectivity index (χ4n) is 1.55. The highest BCUT2D eigenvalue weighted by Gasteiger charge is 2.17. The topological polar surface area (TPSA) is 24.4 Å². The van der Waals surface area contributed by atoms with Crippen LogP contribution in [-0.4, -0.2) is 17.0 Å². The maximum Gasteiger partial charge on any atom is 0.157 e. The second kappa shape index (κ2) is 5.73. The summed E-state index contributed by atoms with van der Waals surface area (Å²) in [7, 11) is 0. The predicted molar refractivity (Wildman–Crippen MR) is 75.0 cm³/mol. The SMILES string of the molecule is CCC1CSC(=NCc2cccc(Br)c2)N1. The first-order valence-corrected chi connectivity index (χ1v) is 7.24. The number of benzene rings is 1. The van der Waals surface area contributed by atoms with E-state index in [1.807, 2.05) is 23.9 Å². The Kier molecular flexibility index (Phi) is 4.29. The minimum atomic E-state index is 0.603. The first kappa shape index (κ1) is 12.0. The van der Waals surface area contributed by atoms with Crippen LogP contribution in [0.15, 0.2) is 33.7 Å². The van der Waals surface area contributed by atoms with Gasteiger partial charge in [0.2, 0.25) is 0 Å². The predicted octanol–water partition coefficient (Wildman–Crippen LogP) is 3.42. The molecule has 4 heteroatoms. The van der Waals surface area contributed by atoms with Crippen LogP contribution in [0.4, 0.5) is 0 Å². The zero-order chi connectivity index (χ0) is 11.4. The van der Waals surface area contributed by atoms with E-state index in [4.69, 9.17) is 0 Å². The van der Waals surface area contributed by atoms with Gasteiger partial charge < -0.3 is 5.32 Å². The molecule has 1 N–H and O–H groups in total. The zero-order valence-corrected chi connectivity index (χ0v) is 11.6. The van der Waals surface area contributed by atoms with E-state index in [1.54, 1.807) is 0 Å². The highest BCUT2D eigenvalue weighted by Crippen LogP contribution is 2.17.